The Kier molecular flexibility index (Phi) is 8.20. The fraction of sp³-hybridized carbons (Fsp3) is 0.276. The highest BCUT2D eigenvalue weighted by molar-refractivity contribution is 6.03. The van der Waals surface area contributed by atoms with Crippen LogP contribution in [-0.2, 0) is 25.7 Å². The lowest BCUT2D eigenvalue weighted by Crippen LogP contribution is -2.56. The summed E-state index contributed by atoms with van der Waals surface area (Å²) in [5.74, 6) is -2.61. The van der Waals surface area contributed by atoms with Crippen LogP contribution in [0.5, 0.6) is 0 Å². The minimum atomic E-state index is -2.18. The number of hydrogen-bond acceptors (Lipinski definition) is 6. The van der Waals surface area contributed by atoms with Gasteiger partial charge >= 0.3 is 18.0 Å². The first-order chi connectivity index (χ1) is 17.9. The van der Waals surface area contributed by atoms with Gasteiger partial charge in [0.25, 0.3) is 0 Å². The monoisotopic (exact) mass is 502 g/mol. The number of carbonyl (C=O) groups excluding carboxylic acids is 2. The number of benzene rings is 3. The van der Waals surface area contributed by atoms with Crippen molar-refractivity contribution in [3.8, 4) is 11.1 Å². The zero-order valence-corrected chi connectivity index (χ0v) is 20.4. The maximum absolute atomic E-state index is 12.9. The van der Waals surface area contributed by atoms with Gasteiger partial charge in [-0.15, -0.1) is 0 Å². The van der Waals surface area contributed by atoms with E-state index in [9.17, 15) is 19.5 Å². The van der Waals surface area contributed by atoms with Gasteiger partial charge in [-0.2, -0.15) is 0 Å². The van der Waals surface area contributed by atoms with Gasteiger partial charge in [0.05, 0.1) is 0 Å². The van der Waals surface area contributed by atoms with Gasteiger partial charge in [-0.1, -0.05) is 78.9 Å². The van der Waals surface area contributed by atoms with Crippen molar-refractivity contribution in [3.63, 3.8) is 0 Å². The topological polar surface area (TPSA) is 128 Å². The van der Waals surface area contributed by atoms with E-state index in [0.717, 1.165) is 27.8 Å². The van der Waals surface area contributed by atoms with Crippen molar-refractivity contribution in [2.24, 2.45) is 5.73 Å². The molecule has 1 aliphatic rings. The molecule has 8 heteroatoms. The number of nitrogens with two attached hydrogens (primary N) is 1. The van der Waals surface area contributed by atoms with Crippen LogP contribution in [0.1, 0.15) is 41.9 Å². The minimum absolute atomic E-state index is 0.00605. The molecular formula is C29H30N2O6. The van der Waals surface area contributed by atoms with Crippen molar-refractivity contribution in [2.75, 3.05) is 13.2 Å². The summed E-state index contributed by atoms with van der Waals surface area (Å²) in [7, 11) is 0. The summed E-state index contributed by atoms with van der Waals surface area (Å²) in [6.07, 6.45) is 0.0207. The lowest BCUT2D eigenvalue weighted by Gasteiger charge is -2.24. The molecule has 1 aliphatic carbocycles. The molecule has 0 saturated heterocycles. The average Bonchev–Trinajstić information content (AvgIpc) is 3.24. The predicted molar refractivity (Wildman–Crippen MR) is 138 cm³/mol. The van der Waals surface area contributed by atoms with E-state index in [2.05, 4.69) is 5.32 Å². The van der Waals surface area contributed by atoms with Crippen molar-refractivity contribution in [1.29, 1.82) is 0 Å². The maximum Gasteiger partial charge on any atom is 0.407 e. The Morgan fingerprint density at radius 1 is 0.838 bits per heavy atom. The second-order valence-electron chi connectivity index (χ2n) is 9.05. The van der Waals surface area contributed by atoms with Crippen LogP contribution in [0.2, 0.25) is 0 Å². The molecule has 8 nitrogen and oxygen atoms in total. The number of carboxylic acids is 1. The smallest absolute Gasteiger partial charge is 0.407 e. The fourth-order valence-electron chi connectivity index (χ4n) is 4.52. The molecule has 0 unspecified atom stereocenters. The summed E-state index contributed by atoms with van der Waals surface area (Å²) >= 11 is 0. The number of carbonyl (C=O) groups is 3. The normalized spacial score (nSPS) is 13.6. The fourth-order valence-corrected chi connectivity index (χ4v) is 4.52. The third-order valence-corrected chi connectivity index (χ3v) is 6.57. The number of alkyl carbamates (subject to hydrolysis) is 1. The summed E-state index contributed by atoms with van der Waals surface area (Å²) in [5, 5.41) is 12.3. The largest absolute Gasteiger partial charge is 0.479 e. The Bertz CT molecular complexity index is 1220. The number of amides is 1. The second-order valence-corrected chi connectivity index (χ2v) is 9.05. The molecule has 0 bridgehead atoms. The third kappa shape index (κ3) is 5.98. The van der Waals surface area contributed by atoms with E-state index in [4.69, 9.17) is 15.2 Å². The molecule has 3 aromatic rings. The zero-order valence-electron chi connectivity index (χ0n) is 20.4. The van der Waals surface area contributed by atoms with Gasteiger partial charge in [-0.05, 0) is 47.1 Å². The molecule has 0 spiro atoms. The first-order valence-corrected chi connectivity index (χ1v) is 12.2. The van der Waals surface area contributed by atoms with Gasteiger partial charge in [-0.25, -0.2) is 14.4 Å². The molecule has 0 heterocycles. The molecule has 0 fully saturated rings. The van der Waals surface area contributed by atoms with Gasteiger partial charge in [0, 0.05) is 12.5 Å². The van der Waals surface area contributed by atoms with Crippen LogP contribution in [0.25, 0.3) is 11.1 Å². The van der Waals surface area contributed by atoms with Gasteiger partial charge in [0.2, 0.25) is 5.54 Å². The third-order valence-electron chi connectivity index (χ3n) is 6.57. The number of rotatable bonds is 11. The SMILES string of the molecule is N[C@](CCCCNC(=O)OCc1ccccc1)(C(=O)O)C(=O)OCC1c2ccccc2-c2ccccc21. The molecule has 37 heavy (non-hydrogen) atoms. The van der Waals surface area contributed by atoms with E-state index in [0.29, 0.717) is 12.8 Å². The highest BCUT2D eigenvalue weighted by atomic mass is 16.5. The maximum atomic E-state index is 12.9. The zero-order chi connectivity index (χ0) is 26.3. The molecule has 0 radical (unpaired) electrons. The van der Waals surface area contributed by atoms with Crippen molar-refractivity contribution >= 4 is 18.0 Å². The van der Waals surface area contributed by atoms with Crippen molar-refractivity contribution in [2.45, 2.75) is 37.3 Å². The number of fused-ring (bicyclic) bond motifs is 3. The van der Waals surface area contributed by atoms with Crippen molar-refractivity contribution < 1.29 is 29.0 Å². The van der Waals surface area contributed by atoms with E-state index in [1.54, 1.807) is 0 Å². The van der Waals surface area contributed by atoms with Gasteiger partial charge in [0.15, 0.2) is 0 Å². The van der Waals surface area contributed by atoms with Crippen LogP contribution in [0.15, 0.2) is 78.9 Å². The molecule has 192 valence electrons. The molecule has 0 aliphatic heterocycles. The molecule has 4 N–H and O–H groups in total. The molecule has 1 atom stereocenters. The number of ether oxygens (including phenoxy) is 2. The van der Waals surface area contributed by atoms with E-state index >= 15 is 0 Å². The first-order valence-electron chi connectivity index (χ1n) is 12.2. The number of nitrogens with one attached hydrogen (secondary N) is 1. The quantitative estimate of drug-likeness (QED) is 0.203. The Hall–Kier alpha value is -4.17. The van der Waals surface area contributed by atoms with E-state index < -0.39 is 23.6 Å². The van der Waals surface area contributed by atoms with E-state index in [-0.39, 0.29) is 32.1 Å². The number of unbranched alkanes of at least 4 members (excludes halogenated alkanes) is 1. The molecule has 1 amide bonds. The number of carboxylic acid groups (broad SMARTS) is 1. The van der Waals surface area contributed by atoms with Crippen molar-refractivity contribution in [1.82, 2.24) is 5.32 Å². The summed E-state index contributed by atoms with van der Waals surface area (Å²) in [6, 6.07) is 25.1. The van der Waals surface area contributed by atoms with Gasteiger partial charge in [0.1, 0.15) is 13.2 Å². The Morgan fingerprint density at radius 3 is 2.05 bits per heavy atom. The summed E-state index contributed by atoms with van der Waals surface area (Å²) in [5.41, 5.74) is 8.93. The molecule has 0 saturated carbocycles. The van der Waals surface area contributed by atoms with Crippen LogP contribution >= 0.6 is 0 Å². The highest BCUT2D eigenvalue weighted by Gasteiger charge is 2.44. The van der Waals surface area contributed by atoms with Crippen molar-refractivity contribution in [3.05, 3.63) is 95.6 Å². The highest BCUT2D eigenvalue weighted by Crippen LogP contribution is 2.44. The Balaban J connectivity index is 1.26. The number of esters is 1. The molecule has 4 rings (SSSR count). The Labute approximate surface area is 215 Å². The summed E-state index contributed by atoms with van der Waals surface area (Å²) in [6.45, 7) is 0.404. The van der Waals surface area contributed by atoms with Crippen LogP contribution in [-0.4, -0.2) is 41.8 Å². The minimum Gasteiger partial charge on any atom is -0.479 e. The predicted octanol–water partition coefficient (Wildman–Crippen LogP) is 4.22. The van der Waals surface area contributed by atoms with Gasteiger partial charge < -0.3 is 25.6 Å². The standard InChI is InChI=1S/C29H30N2O6/c30-29(26(32)33,16-8-9-17-31-28(35)37-18-20-10-2-1-3-11-20)27(34)36-19-25-23-14-6-4-12-21(23)22-13-5-7-15-24(22)25/h1-7,10-15,25H,8-9,16-19,30H2,(H,31,35)(H,32,33)/t29-/m1/s1. The molecule has 3 aromatic carbocycles. The second kappa shape index (κ2) is 11.7. The summed E-state index contributed by atoms with van der Waals surface area (Å²) in [4.78, 5) is 36.6. The van der Waals surface area contributed by atoms with E-state index in [1.165, 1.54) is 0 Å². The summed E-state index contributed by atoms with van der Waals surface area (Å²) < 4.78 is 10.6. The molecular weight excluding hydrogens is 472 g/mol. The lowest BCUT2D eigenvalue weighted by atomic mass is 9.93. The average molecular weight is 503 g/mol. The number of hydrogen-bond donors (Lipinski definition) is 3. The Morgan fingerprint density at radius 2 is 1.43 bits per heavy atom. The lowest BCUT2D eigenvalue weighted by molar-refractivity contribution is -0.161. The van der Waals surface area contributed by atoms with Crippen LogP contribution in [0.3, 0.4) is 0 Å². The number of aliphatic carboxylic acids is 1. The van der Waals surface area contributed by atoms with Crippen LogP contribution < -0.4 is 11.1 Å². The van der Waals surface area contributed by atoms with Gasteiger partial charge in [-0.3, -0.25) is 0 Å². The first kappa shape index (κ1) is 25.9. The van der Waals surface area contributed by atoms with E-state index in [1.807, 2.05) is 78.9 Å². The molecule has 0 aromatic heterocycles. The van der Waals surface area contributed by atoms with Crippen LogP contribution in [0.4, 0.5) is 4.79 Å². The van der Waals surface area contributed by atoms with Crippen LogP contribution in [0, 0.1) is 0 Å².